The number of rotatable bonds is 2. The molecule has 96 valence electrons. The predicted molar refractivity (Wildman–Crippen MR) is 84.7 cm³/mol. The average molecular weight is 268 g/mol. The molecule has 0 bridgehead atoms. The first-order valence-corrected chi connectivity index (χ1v) is 7.55. The van der Waals surface area contributed by atoms with Gasteiger partial charge in [-0.15, -0.1) is 0 Å². The van der Waals surface area contributed by atoms with Gasteiger partial charge >= 0.3 is 0 Å². The number of hydrogen-bond donors (Lipinski definition) is 2. The van der Waals surface area contributed by atoms with Crippen LogP contribution in [0.15, 0.2) is 65.7 Å². The van der Waals surface area contributed by atoms with Gasteiger partial charge in [-0.2, -0.15) is 0 Å². The second kappa shape index (κ2) is 4.68. The quantitative estimate of drug-likeness (QED) is 0.815. The van der Waals surface area contributed by atoms with Crippen molar-refractivity contribution in [3.8, 4) is 0 Å². The first-order valence-electron chi connectivity index (χ1n) is 6.10. The summed E-state index contributed by atoms with van der Waals surface area (Å²) in [4.78, 5) is 1.08. The molecule has 2 aromatic carbocycles. The van der Waals surface area contributed by atoms with Crippen LogP contribution in [0.1, 0.15) is 17.0 Å². The van der Waals surface area contributed by atoms with E-state index in [0.717, 1.165) is 16.3 Å². The minimum Gasteiger partial charge on any atom is -0.358 e. The van der Waals surface area contributed by atoms with Crippen molar-refractivity contribution >= 4 is 22.2 Å². The van der Waals surface area contributed by atoms with Gasteiger partial charge in [0.1, 0.15) is 0 Å². The summed E-state index contributed by atoms with van der Waals surface area (Å²) in [5.74, 6) is 4.08. The van der Waals surface area contributed by atoms with Crippen LogP contribution in [0.3, 0.4) is 0 Å². The molecule has 0 aliphatic carbocycles. The van der Waals surface area contributed by atoms with Gasteiger partial charge < -0.3 is 5.32 Å². The lowest BCUT2D eigenvalue weighted by molar-refractivity contribution is 1.01. The molecule has 1 aliphatic heterocycles. The van der Waals surface area contributed by atoms with Gasteiger partial charge in [-0.25, -0.2) is 0 Å². The van der Waals surface area contributed by atoms with Gasteiger partial charge in [-0.05, 0) is 29.3 Å². The molecule has 0 spiro atoms. The van der Waals surface area contributed by atoms with Crippen LogP contribution in [-0.4, -0.2) is 5.87 Å². The minimum atomic E-state index is -0.431. The number of para-hydroxylation sites is 1. The molecule has 1 aliphatic rings. The van der Waals surface area contributed by atoms with Crippen molar-refractivity contribution in [3.63, 3.8) is 0 Å². The Hall–Kier alpha value is -1.84. The normalized spacial score (nSPS) is 18.8. The number of nitrogens with one attached hydrogen (secondary N) is 1. The van der Waals surface area contributed by atoms with Crippen molar-refractivity contribution < 1.29 is 0 Å². The minimum absolute atomic E-state index is 0.217. The van der Waals surface area contributed by atoms with Crippen LogP contribution in [0.4, 0.5) is 5.69 Å². The van der Waals surface area contributed by atoms with Crippen molar-refractivity contribution in [3.05, 3.63) is 71.9 Å². The third-order valence-electron chi connectivity index (χ3n) is 3.43. The molecule has 2 nitrogen and oxygen atoms in total. The first-order chi connectivity index (χ1) is 9.16. The lowest BCUT2D eigenvalue weighted by Gasteiger charge is -2.13. The van der Waals surface area contributed by atoms with Crippen molar-refractivity contribution in [1.82, 2.24) is 0 Å². The molecule has 0 aromatic heterocycles. The average Bonchev–Trinajstić information content (AvgIpc) is 2.74. The standard InChI is InChI=1S/C16H16N2S/c1-11-16(14-5-3-4-6-15(14)18-11)12-7-9-13(10-8-12)19(2)17/h3-10,16,18H,1-2,17H2. The number of allylic oxidation sites excluding steroid dienone is 1. The maximum Gasteiger partial charge on any atom is 0.0505 e. The molecule has 0 saturated carbocycles. The Labute approximate surface area is 116 Å². The zero-order valence-electron chi connectivity index (χ0n) is 10.6. The molecule has 1 heterocycles. The summed E-state index contributed by atoms with van der Waals surface area (Å²) in [6, 6.07) is 16.7. The van der Waals surface area contributed by atoms with Gasteiger partial charge in [0.15, 0.2) is 0 Å². The molecule has 2 aromatic rings. The molecule has 2 unspecified atom stereocenters. The van der Waals surface area contributed by atoms with Gasteiger partial charge in [0.2, 0.25) is 0 Å². The number of nitrogens with two attached hydrogens (primary N) is 1. The highest BCUT2D eigenvalue weighted by atomic mass is 32.2. The number of fused-ring (bicyclic) bond motifs is 1. The summed E-state index contributed by atoms with van der Waals surface area (Å²) in [6.45, 7) is 4.14. The fraction of sp³-hybridized carbons (Fsp3) is 0.0625. The second-order valence-electron chi connectivity index (χ2n) is 4.67. The Morgan fingerprint density at radius 2 is 1.74 bits per heavy atom. The van der Waals surface area contributed by atoms with E-state index in [0.29, 0.717) is 0 Å². The molecular weight excluding hydrogens is 252 g/mol. The highest BCUT2D eigenvalue weighted by Gasteiger charge is 2.26. The van der Waals surface area contributed by atoms with E-state index in [4.69, 9.17) is 5.14 Å². The topological polar surface area (TPSA) is 38.0 Å². The fourth-order valence-corrected chi connectivity index (χ4v) is 3.00. The van der Waals surface area contributed by atoms with E-state index in [9.17, 15) is 0 Å². The number of hydrogen-bond acceptors (Lipinski definition) is 2. The van der Waals surface area contributed by atoms with Gasteiger partial charge in [-0.3, -0.25) is 5.14 Å². The smallest absolute Gasteiger partial charge is 0.0505 e. The maximum atomic E-state index is 5.81. The summed E-state index contributed by atoms with van der Waals surface area (Å²) in [5.41, 5.74) is 4.69. The second-order valence-corrected chi connectivity index (χ2v) is 6.00. The molecule has 3 N–H and O–H groups in total. The Morgan fingerprint density at radius 3 is 2.42 bits per heavy atom. The van der Waals surface area contributed by atoms with Crippen LogP contribution in [0, 0.1) is 0 Å². The van der Waals surface area contributed by atoms with E-state index >= 15 is 0 Å². The molecule has 0 amide bonds. The molecule has 3 rings (SSSR count). The van der Waals surface area contributed by atoms with Gasteiger partial charge in [0.05, 0.1) is 5.92 Å². The molecule has 0 saturated heterocycles. The SMILES string of the molecule is C=C1Nc2ccccc2C1c1ccc(S(=C)N)cc1. The van der Waals surface area contributed by atoms with Crippen molar-refractivity contribution in [2.75, 3.05) is 5.32 Å². The highest BCUT2D eigenvalue weighted by molar-refractivity contribution is 8.12. The van der Waals surface area contributed by atoms with Crippen LogP contribution in [0.25, 0.3) is 0 Å². The summed E-state index contributed by atoms with van der Waals surface area (Å²) in [6.07, 6.45) is 0. The number of anilines is 1. The third-order valence-corrected chi connectivity index (χ3v) is 4.31. The van der Waals surface area contributed by atoms with Gasteiger partial charge in [0, 0.05) is 16.3 Å². The van der Waals surface area contributed by atoms with Crippen LogP contribution in [0.5, 0.6) is 0 Å². The van der Waals surface area contributed by atoms with Gasteiger partial charge in [-0.1, -0.05) is 53.5 Å². The Bertz CT molecular complexity index is 659. The van der Waals surface area contributed by atoms with Crippen molar-refractivity contribution in [2.24, 2.45) is 5.14 Å². The third kappa shape index (κ3) is 2.11. The zero-order valence-corrected chi connectivity index (χ0v) is 11.4. The predicted octanol–water partition coefficient (Wildman–Crippen LogP) is 3.69. The van der Waals surface area contributed by atoms with Crippen molar-refractivity contribution in [1.29, 1.82) is 0 Å². The molecule has 0 radical (unpaired) electrons. The lowest BCUT2D eigenvalue weighted by atomic mass is 9.91. The first kappa shape index (κ1) is 12.2. The monoisotopic (exact) mass is 268 g/mol. The summed E-state index contributed by atoms with van der Waals surface area (Å²) in [5, 5.41) is 9.16. The summed E-state index contributed by atoms with van der Waals surface area (Å²) >= 11 is 0. The summed E-state index contributed by atoms with van der Waals surface area (Å²) < 4.78 is 0. The molecule has 19 heavy (non-hydrogen) atoms. The zero-order chi connectivity index (χ0) is 13.4. The molecule has 2 atom stereocenters. The Balaban J connectivity index is 2.02. The maximum absolute atomic E-state index is 5.81. The molecular formula is C16H16N2S. The van der Waals surface area contributed by atoms with E-state index in [1.165, 1.54) is 11.1 Å². The Morgan fingerprint density at radius 1 is 1.05 bits per heavy atom. The Kier molecular flexibility index (Phi) is 3.01. The summed E-state index contributed by atoms with van der Waals surface area (Å²) in [7, 11) is -0.431. The number of benzene rings is 2. The fourth-order valence-electron chi connectivity index (χ4n) is 2.51. The van der Waals surface area contributed by atoms with E-state index in [2.05, 4.69) is 60.2 Å². The van der Waals surface area contributed by atoms with E-state index < -0.39 is 10.7 Å². The van der Waals surface area contributed by atoms with Gasteiger partial charge in [0.25, 0.3) is 0 Å². The van der Waals surface area contributed by atoms with Crippen LogP contribution < -0.4 is 10.5 Å². The highest BCUT2D eigenvalue weighted by Crippen LogP contribution is 2.41. The molecule has 3 heteroatoms. The lowest BCUT2D eigenvalue weighted by Crippen LogP contribution is -2.00. The van der Waals surface area contributed by atoms with Crippen molar-refractivity contribution in [2.45, 2.75) is 10.8 Å². The molecule has 0 fully saturated rings. The largest absolute Gasteiger partial charge is 0.358 e. The van der Waals surface area contributed by atoms with Crippen LogP contribution in [-0.2, 0) is 0 Å². The van der Waals surface area contributed by atoms with E-state index in [1.54, 1.807) is 0 Å². The van der Waals surface area contributed by atoms with E-state index in [-0.39, 0.29) is 5.92 Å². The van der Waals surface area contributed by atoms with Crippen LogP contribution >= 0.6 is 10.7 Å². The van der Waals surface area contributed by atoms with Crippen LogP contribution in [0.2, 0.25) is 0 Å². The van der Waals surface area contributed by atoms with E-state index in [1.807, 2.05) is 6.07 Å².